The minimum Gasteiger partial charge on any atom is -0.396 e. The van der Waals surface area contributed by atoms with E-state index >= 15 is 0 Å². The zero-order chi connectivity index (χ0) is 13.8. The van der Waals surface area contributed by atoms with Crippen molar-refractivity contribution in [2.75, 3.05) is 26.2 Å². The molecule has 0 radical (unpaired) electrons. The zero-order valence-electron chi connectivity index (χ0n) is 12.0. The van der Waals surface area contributed by atoms with Crippen LogP contribution in [0.4, 0.5) is 0 Å². The second kappa shape index (κ2) is 6.51. The maximum atomic E-state index is 10.3. The summed E-state index contributed by atoms with van der Waals surface area (Å²) in [5, 5.41) is 19.4. The molecule has 0 aromatic heterocycles. The molecule has 2 N–H and O–H groups in total. The van der Waals surface area contributed by atoms with Gasteiger partial charge in [-0.05, 0) is 44.7 Å². The van der Waals surface area contributed by atoms with Gasteiger partial charge in [0.05, 0.1) is 6.10 Å². The Bertz CT molecular complexity index is 399. The van der Waals surface area contributed by atoms with Gasteiger partial charge in [-0.2, -0.15) is 0 Å². The van der Waals surface area contributed by atoms with Crippen molar-refractivity contribution in [1.82, 2.24) is 4.90 Å². The van der Waals surface area contributed by atoms with Gasteiger partial charge in [0, 0.05) is 19.7 Å². The molecule has 19 heavy (non-hydrogen) atoms. The van der Waals surface area contributed by atoms with Crippen LogP contribution in [0.3, 0.4) is 0 Å². The molecule has 1 fully saturated rings. The number of aliphatic hydroxyl groups excluding tert-OH is 2. The molecule has 2 rings (SSSR count). The van der Waals surface area contributed by atoms with Gasteiger partial charge in [-0.25, -0.2) is 0 Å². The number of rotatable bonds is 5. The molecular formula is C16H25NO2. The van der Waals surface area contributed by atoms with Crippen molar-refractivity contribution in [3.05, 3.63) is 34.9 Å². The predicted molar refractivity (Wildman–Crippen MR) is 77.1 cm³/mol. The smallest absolute Gasteiger partial charge is 0.0802 e. The fraction of sp³-hybridized carbons (Fsp3) is 0.625. The average molecular weight is 263 g/mol. The molecular weight excluding hydrogens is 238 g/mol. The predicted octanol–water partition coefficient (Wildman–Crippen LogP) is 2.04. The van der Waals surface area contributed by atoms with Crippen molar-refractivity contribution in [2.45, 2.75) is 32.8 Å². The molecule has 0 aliphatic carbocycles. The monoisotopic (exact) mass is 263 g/mol. The highest BCUT2D eigenvalue weighted by Gasteiger charge is 2.22. The number of hydrogen-bond acceptors (Lipinski definition) is 3. The quantitative estimate of drug-likeness (QED) is 0.854. The van der Waals surface area contributed by atoms with Gasteiger partial charge in [0.15, 0.2) is 0 Å². The first-order valence-corrected chi connectivity index (χ1v) is 7.18. The lowest BCUT2D eigenvalue weighted by Gasteiger charge is -2.19. The number of likely N-dealkylation sites (tertiary alicyclic amines) is 1. The van der Waals surface area contributed by atoms with Crippen molar-refractivity contribution in [2.24, 2.45) is 5.92 Å². The largest absolute Gasteiger partial charge is 0.396 e. The summed E-state index contributed by atoms with van der Waals surface area (Å²) in [5.74, 6) is 0.429. The van der Waals surface area contributed by atoms with Gasteiger partial charge in [-0.3, -0.25) is 0 Å². The van der Waals surface area contributed by atoms with E-state index in [1.165, 1.54) is 11.1 Å². The molecule has 0 bridgehead atoms. The lowest BCUT2D eigenvalue weighted by Crippen LogP contribution is -2.24. The molecule has 1 aliphatic heterocycles. The van der Waals surface area contributed by atoms with Gasteiger partial charge in [0.25, 0.3) is 0 Å². The molecule has 1 heterocycles. The lowest BCUT2D eigenvalue weighted by molar-refractivity contribution is 0.145. The number of aryl methyl sites for hydroxylation is 2. The molecule has 3 heteroatoms. The molecule has 0 amide bonds. The number of aliphatic hydroxyl groups is 2. The highest BCUT2D eigenvalue weighted by molar-refractivity contribution is 5.29. The summed E-state index contributed by atoms with van der Waals surface area (Å²) in [4.78, 5) is 2.34. The SMILES string of the molecule is Cc1cc(C)cc(C(O)CCN2CCC(CO)C2)c1. The highest BCUT2D eigenvalue weighted by Crippen LogP contribution is 2.22. The Morgan fingerprint density at radius 1 is 1.26 bits per heavy atom. The normalized spacial score (nSPS) is 21.8. The molecule has 1 aromatic carbocycles. The molecule has 2 unspecified atom stereocenters. The number of nitrogens with zero attached hydrogens (tertiary/aromatic N) is 1. The first kappa shape index (κ1) is 14.5. The summed E-state index contributed by atoms with van der Waals surface area (Å²) >= 11 is 0. The molecule has 106 valence electrons. The Balaban J connectivity index is 1.85. The van der Waals surface area contributed by atoms with Crippen LogP contribution in [0.5, 0.6) is 0 Å². The van der Waals surface area contributed by atoms with Crippen LogP contribution in [0.25, 0.3) is 0 Å². The van der Waals surface area contributed by atoms with Crippen LogP contribution >= 0.6 is 0 Å². The Morgan fingerprint density at radius 3 is 2.53 bits per heavy atom. The maximum Gasteiger partial charge on any atom is 0.0802 e. The van der Waals surface area contributed by atoms with E-state index < -0.39 is 0 Å². The van der Waals surface area contributed by atoms with Crippen LogP contribution in [0.1, 0.15) is 35.6 Å². The first-order valence-electron chi connectivity index (χ1n) is 7.18. The third-order valence-electron chi connectivity index (χ3n) is 3.98. The summed E-state index contributed by atoms with van der Waals surface area (Å²) in [5.41, 5.74) is 3.43. The van der Waals surface area contributed by atoms with Gasteiger partial charge in [-0.1, -0.05) is 29.3 Å². The van der Waals surface area contributed by atoms with Crippen LogP contribution in [0.2, 0.25) is 0 Å². The van der Waals surface area contributed by atoms with E-state index in [1.54, 1.807) is 0 Å². The van der Waals surface area contributed by atoms with Crippen LogP contribution in [-0.4, -0.2) is 41.4 Å². The summed E-state index contributed by atoms with van der Waals surface area (Å²) < 4.78 is 0. The molecule has 3 nitrogen and oxygen atoms in total. The number of hydrogen-bond donors (Lipinski definition) is 2. The Labute approximate surface area is 115 Å². The van der Waals surface area contributed by atoms with E-state index in [1.807, 2.05) is 0 Å². The maximum absolute atomic E-state index is 10.3. The Morgan fingerprint density at radius 2 is 1.95 bits per heavy atom. The zero-order valence-corrected chi connectivity index (χ0v) is 12.0. The molecule has 1 saturated heterocycles. The van der Waals surface area contributed by atoms with Gasteiger partial charge in [0.2, 0.25) is 0 Å². The Kier molecular flexibility index (Phi) is 4.97. The third kappa shape index (κ3) is 4.03. The van der Waals surface area contributed by atoms with Crippen LogP contribution in [0, 0.1) is 19.8 Å². The summed E-state index contributed by atoms with van der Waals surface area (Å²) in [7, 11) is 0. The fourth-order valence-electron chi connectivity index (χ4n) is 2.94. The first-order chi connectivity index (χ1) is 9.08. The topological polar surface area (TPSA) is 43.7 Å². The molecule has 0 saturated carbocycles. The molecule has 1 aliphatic rings. The van der Waals surface area contributed by atoms with Crippen LogP contribution in [-0.2, 0) is 0 Å². The second-order valence-electron chi connectivity index (χ2n) is 5.86. The Hall–Kier alpha value is -0.900. The minimum atomic E-state index is -0.383. The van der Waals surface area contributed by atoms with Gasteiger partial charge in [0.1, 0.15) is 0 Å². The molecule has 2 atom stereocenters. The second-order valence-corrected chi connectivity index (χ2v) is 5.86. The van der Waals surface area contributed by atoms with Gasteiger partial charge >= 0.3 is 0 Å². The van der Waals surface area contributed by atoms with E-state index in [0.29, 0.717) is 5.92 Å². The van der Waals surface area contributed by atoms with E-state index in [-0.39, 0.29) is 12.7 Å². The van der Waals surface area contributed by atoms with Crippen molar-refractivity contribution in [3.63, 3.8) is 0 Å². The van der Waals surface area contributed by atoms with Crippen molar-refractivity contribution < 1.29 is 10.2 Å². The molecule has 1 aromatic rings. The lowest BCUT2D eigenvalue weighted by atomic mass is 10.0. The van der Waals surface area contributed by atoms with E-state index in [9.17, 15) is 5.11 Å². The fourth-order valence-corrected chi connectivity index (χ4v) is 2.94. The minimum absolute atomic E-state index is 0.288. The summed E-state index contributed by atoms with van der Waals surface area (Å²) in [6, 6.07) is 6.26. The van der Waals surface area contributed by atoms with Crippen LogP contribution in [0.15, 0.2) is 18.2 Å². The third-order valence-corrected chi connectivity index (χ3v) is 3.98. The highest BCUT2D eigenvalue weighted by atomic mass is 16.3. The summed E-state index contributed by atoms with van der Waals surface area (Å²) in [6.45, 7) is 7.34. The van der Waals surface area contributed by atoms with Gasteiger partial charge in [-0.15, -0.1) is 0 Å². The van der Waals surface area contributed by atoms with Crippen molar-refractivity contribution in [1.29, 1.82) is 0 Å². The van der Waals surface area contributed by atoms with E-state index in [4.69, 9.17) is 5.11 Å². The standard InChI is InChI=1S/C16H25NO2/c1-12-7-13(2)9-15(8-12)16(19)4-6-17-5-3-14(10-17)11-18/h7-9,14,16,18-19H,3-6,10-11H2,1-2H3. The van der Waals surface area contributed by atoms with Gasteiger partial charge < -0.3 is 15.1 Å². The number of benzene rings is 1. The van der Waals surface area contributed by atoms with E-state index in [0.717, 1.165) is 38.0 Å². The molecule has 0 spiro atoms. The van der Waals surface area contributed by atoms with Crippen molar-refractivity contribution in [3.8, 4) is 0 Å². The van der Waals surface area contributed by atoms with Crippen LogP contribution < -0.4 is 0 Å². The van der Waals surface area contributed by atoms with Crippen molar-refractivity contribution >= 4 is 0 Å². The summed E-state index contributed by atoms with van der Waals surface area (Å²) in [6.07, 6.45) is 1.46. The van der Waals surface area contributed by atoms with E-state index in [2.05, 4.69) is 36.9 Å². The average Bonchev–Trinajstić information content (AvgIpc) is 2.82.